The van der Waals surface area contributed by atoms with E-state index in [2.05, 4.69) is 23.8 Å². The van der Waals surface area contributed by atoms with Crippen LogP contribution in [0.2, 0.25) is 0 Å². The quantitative estimate of drug-likeness (QED) is 0.232. The number of hydrogen-bond donors (Lipinski definition) is 1. The molecular formula is C26H35NO9. The molecule has 1 aliphatic carbocycles. The van der Waals surface area contributed by atoms with Crippen molar-refractivity contribution in [1.29, 1.82) is 0 Å². The van der Waals surface area contributed by atoms with Crippen LogP contribution in [0.1, 0.15) is 52.0 Å². The summed E-state index contributed by atoms with van der Waals surface area (Å²) in [7, 11) is 0. The van der Waals surface area contributed by atoms with Crippen molar-refractivity contribution in [2.45, 2.75) is 70.4 Å². The van der Waals surface area contributed by atoms with Crippen LogP contribution in [0.3, 0.4) is 0 Å². The highest BCUT2D eigenvalue weighted by Crippen LogP contribution is 2.60. The molecule has 5 fully saturated rings. The highest BCUT2D eigenvalue weighted by Gasteiger charge is 2.69. The number of benzene rings is 1. The van der Waals surface area contributed by atoms with Crippen LogP contribution in [-0.2, 0) is 33.6 Å². The molecule has 10 heteroatoms. The molecule has 1 unspecified atom stereocenters. The number of carboxylic acid groups (broad SMARTS) is 1. The van der Waals surface area contributed by atoms with Crippen molar-refractivity contribution in [2.75, 3.05) is 19.8 Å². The Kier molecular flexibility index (Phi) is 7.24. The van der Waals surface area contributed by atoms with Crippen LogP contribution in [0.25, 0.3) is 0 Å². The number of carbonyl (C=O) groups is 1. The highest BCUT2D eigenvalue weighted by atomic mass is 17.3. The number of oxime groups is 1. The van der Waals surface area contributed by atoms with Crippen molar-refractivity contribution in [3.8, 4) is 5.75 Å². The lowest BCUT2D eigenvalue weighted by molar-refractivity contribution is -0.577. The van der Waals surface area contributed by atoms with Gasteiger partial charge >= 0.3 is 5.97 Å². The molecule has 4 heterocycles. The van der Waals surface area contributed by atoms with Crippen LogP contribution < -0.4 is 4.74 Å². The summed E-state index contributed by atoms with van der Waals surface area (Å²) in [5.74, 6) is -0.000436. The van der Waals surface area contributed by atoms with E-state index in [1.54, 1.807) is 24.3 Å². The molecule has 0 amide bonds. The average Bonchev–Trinajstić information content (AvgIpc) is 3.09. The van der Waals surface area contributed by atoms with Gasteiger partial charge in [-0.15, -0.1) is 0 Å². The van der Waals surface area contributed by atoms with E-state index >= 15 is 0 Å². The van der Waals surface area contributed by atoms with Gasteiger partial charge in [0.1, 0.15) is 12.4 Å². The lowest BCUT2D eigenvalue weighted by Gasteiger charge is -2.60. The van der Waals surface area contributed by atoms with E-state index < -0.39 is 36.5 Å². The number of rotatable bonds is 9. The molecule has 10 nitrogen and oxygen atoms in total. The molecule has 4 saturated heterocycles. The fourth-order valence-electron chi connectivity index (χ4n) is 6.23. The normalized spacial score (nSPS) is 39.4. The van der Waals surface area contributed by atoms with E-state index in [1.807, 2.05) is 6.92 Å². The second kappa shape index (κ2) is 10.3. The Hall–Kier alpha value is -2.24. The van der Waals surface area contributed by atoms with Crippen LogP contribution in [-0.4, -0.2) is 61.1 Å². The zero-order chi connectivity index (χ0) is 25.3. The first-order valence-electron chi connectivity index (χ1n) is 12.7. The van der Waals surface area contributed by atoms with E-state index in [4.69, 9.17) is 33.8 Å². The summed E-state index contributed by atoms with van der Waals surface area (Å²) in [6, 6.07) is 7.22. The van der Waals surface area contributed by atoms with Gasteiger partial charge in [-0.2, -0.15) is 0 Å². The molecule has 0 aromatic heterocycles. The molecule has 5 aliphatic rings. The predicted octanol–water partition coefficient (Wildman–Crippen LogP) is 3.73. The van der Waals surface area contributed by atoms with Gasteiger partial charge in [0.15, 0.2) is 18.2 Å². The number of carboxylic acids is 1. The van der Waals surface area contributed by atoms with Crippen LogP contribution in [0.4, 0.5) is 0 Å². The van der Waals surface area contributed by atoms with Crippen molar-refractivity contribution >= 4 is 12.2 Å². The van der Waals surface area contributed by atoms with Gasteiger partial charge in [-0.3, -0.25) is 0 Å². The third-order valence-corrected chi connectivity index (χ3v) is 8.08. The van der Waals surface area contributed by atoms with Crippen molar-refractivity contribution < 1.29 is 43.5 Å². The largest absolute Gasteiger partial charge is 0.491 e. The molecule has 198 valence electrons. The van der Waals surface area contributed by atoms with Crippen molar-refractivity contribution in [3.63, 3.8) is 0 Å². The Morgan fingerprint density at radius 2 is 1.94 bits per heavy atom. The summed E-state index contributed by atoms with van der Waals surface area (Å²) in [6.45, 7) is 6.63. The second-order valence-corrected chi connectivity index (χ2v) is 10.5. The van der Waals surface area contributed by atoms with Crippen LogP contribution in [0.15, 0.2) is 29.4 Å². The maximum Gasteiger partial charge on any atom is 0.344 e. The van der Waals surface area contributed by atoms with Gasteiger partial charge in [-0.05, 0) is 67.9 Å². The second-order valence-electron chi connectivity index (χ2n) is 10.5. The minimum absolute atomic E-state index is 0.118. The van der Waals surface area contributed by atoms with Gasteiger partial charge in [0, 0.05) is 18.3 Å². The molecule has 36 heavy (non-hydrogen) atoms. The zero-order valence-electron chi connectivity index (χ0n) is 21.0. The standard InChI is InChI=1S/C26H35NO9/c1-16-4-9-21-17(2)23(33-24-26(21)20(16)10-11-25(3,34-24)35-36-26)31-13-12-30-19-7-5-18(6-8-19)14-27-32-15-22(28)29/h5-8,14,16-17,20-21,23-24H,4,9-13,15H2,1-3H3,(H,28,29)/b27-14+/t16-,17-,20?,21+,23+,24-,25-,26-/m1/s1. The summed E-state index contributed by atoms with van der Waals surface area (Å²) in [4.78, 5) is 27.1. The van der Waals surface area contributed by atoms with Gasteiger partial charge < -0.3 is 28.9 Å². The Morgan fingerprint density at radius 3 is 2.72 bits per heavy atom. The van der Waals surface area contributed by atoms with E-state index in [0.29, 0.717) is 30.8 Å². The van der Waals surface area contributed by atoms with E-state index in [0.717, 1.165) is 31.2 Å². The Balaban J connectivity index is 1.15. The molecule has 1 aromatic rings. The maximum atomic E-state index is 10.4. The van der Waals surface area contributed by atoms with Crippen molar-refractivity contribution in [1.82, 2.24) is 0 Å². The van der Waals surface area contributed by atoms with Crippen LogP contribution in [0.5, 0.6) is 5.75 Å². The van der Waals surface area contributed by atoms with Crippen LogP contribution in [0, 0.1) is 23.7 Å². The minimum Gasteiger partial charge on any atom is -0.491 e. The molecule has 1 N–H and O–H groups in total. The van der Waals surface area contributed by atoms with Gasteiger partial charge in [-0.1, -0.05) is 19.0 Å². The number of ether oxygens (including phenoxy) is 4. The van der Waals surface area contributed by atoms with E-state index in [9.17, 15) is 4.79 Å². The molecule has 1 aromatic carbocycles. The van der Waals surface area contributed by atoms with E-state index in [-0.39, 0.29) is 11.8 Å². The Bertz CT molecular complexity index is 955. The SMILES string of the molecule is C[C@H]1[C@@H](OCCOc2ccc(/C=N/OCC(=O)O)cc2)O[C@@H]2O[C@@]3(C)CCC4[C@H](C)CC[C@@H]1[C@]42OO3. The summed E-state index contributed by atoms with van der Waals surface area (Å²) in [6.07, 6.45) is 4.46. The fourth-order valence-corrected chi connectivity index (χ4v) is 6.23. The topological polar surface area (TPSA) is 114 Å². The first-order valence-corrected chi connectivity index (χ1v) is 12.7. The lowest BCUT2D eigenvalue weighted by atomic mass is 9.58. The monoisotopic (exact) mass is 505 g/mol. The summed E-state index contributed by atoms with van der Waals surface area (Å²) >= 11 is 0. The van der Waals surface area contributed by atoms with E-state index in [1.165, 1.54) is 6.21 Å². The molecule has 6 rings (SSSR count). The fraction of sp³-hybridized carbons (Fsp3) is 0.692. The number of fused-ring (bicyclic) bond motifs is 2. The summed E-state index contributed by atoms with van der Waals surface area (Å²) in [5, 5.41) is 12.2. The van der Waals surface area contributed by atoms with Gasteiger partial charge in [0.2, 0.25) is 12.4 Å². The highest BCUT2D eigenvalue weighted by molar-refractivity contribution is 5.79. The molecule has 1 saturated carbocycles. The first-order chi connectivity index (χ1) is 17.3. The zero-order valence-corrected chi connectivity index (χ0v) is 21.0. The molecule has 8 atom stereocenters. The smallest absolute Gasteiger partial charge is 0.344 e. The number of nitrogens with zero attached hydrogens (tertiary/aromatic N) is 1. The number of aliphatic carboxylic acids is 1. The summed E-state index contributed by atoms with van der Waals surface area (Å²) in [5.41, 5.74) is 0.174. The van der Waals surface area contributed by atoms with Gasteiger partial charge in [0.25, 0.3) is 0 Å². The molecule has 1 spiro atoms. The molecular weight excluding hydrogens is 470 g/mol. The number of hydrogen-bond acceptors (Lipinski definition) is 9. The predicted molar refractivity (Wildman–Crippen MR) is 126 cm³/mol. The maximum absolute atomic E-state index is 10.4. The van der Waals surface area contributed by atoms with Crippen molar-refractivity contribution in [2.24, 2.45) is 28.8 Å². The summed E-state index contributed by atoms with van der Waals surface area (Å²) < 4.78 is 24.8. The average molecular weight is 506 g/mol. The lowest BCUT2D eigenvalue weighted by Crippen LogP contribution is -2.70. The third kappa shape index (κ3) is 4.84. The third-order valence-electron chi connectivity index (χ3n) is 8.08. The van der Waals surface area contributed by atoms with Gasteiger partial charge in [0.05, 0.1) is 12.8 Å². The van der Waals surface area contributed by atoms with Crippen LogP contribution >= 0.6 is 0 Å². The van der Waals surface area contributed by atoms with Crippen molar-refractivity contribution in [3.05, 3.63) is 29.8 Å². The molecule has 2 bridgehead atoms. The Labute approximate surface area is 210 Å². The van der Waals surface area contributed by atoms with Gasteiger partial charge in [-0.25, -0.2) is 14.6 Å². The molecule has 0 radical (unpaired) electrons. The Morgan fingerprint density at radius 1 is 1.14 bits per heavy atom. The minimum atomic E-state index is -1.08. The molecule has 4 aliphatic heterocycles. The first kappa shape index (κ1) is 25.4.